The van der Waals surface area contributed by atoms with Crippen LogP contribution < -0.4 is 5.14 Å². The molecule has 0 aliphatic heterocycles. The third-order valence-electron chi connectivity index (χ3n) is 0.976. The monoisotopic (exact) mass is 169 g/mol. The highest BCUT2D eigenvalue weighted by Crippen LogP contribution is 2.12. The van der Waals surface area contributed by atoms with Crippen LogP contribution in [-0.2, 0) is 15.8 Å². The molecule has 0 bridgehead atoms. The van der Waals surface area contributed by atoms with Gasteiger partial charge in [0.2, 0.25) is 5.24 Å². The fraction of sp³-hybridized carbons (Fsp3) is 0.750. The molecule has 0 spiro atoms. The standard InChI is InChI=1S/C4H8ClNO2S/c1-4(2,3(5)7)9(6)8/h6H2,1-2H3. The third kappa shape index (κ3) is 2.04. The molecule has 1 atom stereocenters. The van der Waals surface area contributed by atoms with Gasteiger partial charge in [0.05, 0.1) is 0 Å². The van der Waals surface area contributed by atoms with Crippen LogP contribution in [-0.4, -0.2) is 14.2 Å². The van der Waals surface area contributed by atoms with Gasteiger partial charge in [-0.2, -0.15) is 0 Å². The minimum atomic E-state index is -1.69. The Labute approximate surface area is 61.1 Å². The average Bonchev–Trinajstić information content (AvgIpc) is 1.65. The van der Waals surface area contributed by atoms with Gasteiger partial charge in [0.1, 0.15) is 15.7 Å². The van der Waals surface area contributed by atoms with Gasteiger partial charge in [-0.05, 0) is 25.4 Å². The van der Waals surface area contributed by atoms with Crippen LogP contribution in [0.25, 0.3) is 0 Å². The number of nitrogens with two attached hydrogens (primary N) is 1. The Hall–Kier alpha value is 0.0700. The second-order valence-corrected chi connectivity index (χ2v) is 4.04. The molecule has 0 aromatic rings. The highest BCUT2D eigenvalue weighted by Gasteiger charge is 2.30. The van der Waals surface area contributed by atoms with Crippen LogP contribution in [0.4, 0.5) is 0 Å². The summed E-state index contributed by atoms with van der Waals surface area (Å²) in [7, 11) is -1.69. The van der Waals surface area contributed by atoms with Gasteiger partial charge >= 0.3 is 0 Å². The van der Waals surface area contributed by atoms with Crippen LogP contribution >= 0.6 is 11.6 Å². The molecule has 3 nitrogen and oxygen atoms in total. The average molecular weight is 170 g/mol. The lowest BCUT2D eigenvalue weighted by Crippen LogP contribution is -2.37. The Morgan fingerprint density at radius 3 is 2.00 bits per heavy atom. The van der Waals surface area contributed by atoms with Crippen LogP contribution in [0.5, 0.6) is 0 Å². The van der Waals surface area contributed by atoms with Crippen molar-refractivity contribution in [3.63, 3.8) is 0 Å². The van der Waals surface area contributed by atoms with Gasteiger partial charge in [-0.1, -0.05) is 0 Å². The zero-order valence-electron chi connectivity index (χ0n) is 5.18. The molecule has 0 aromatic heterocycles. The van der Waals surface area contributed by atoms with Gasteiger partial charge in [-0.25, -0.2) is 4.21 Å². The van der Waals surface area contributed by atoms with Crippen LogP contribution in [0, 0.1) is 0 Å². The summed E-state index contributed by atoms with van der Waals surface area (Å²) in [5.74, 6) is 0. The molecule has 0 saturated carbocycles. The molecule has 0 heterocycles. The molecule has 0 fully saturated rings. The number of hydrogen-bond acceptors (Lipinski definition) is 2. The lowest BCUT2D eigenvalue weighted by atomic mass is 10.2. The summed E-state index contributed by atoms with van der Waals surface area (Å²) in [6.45, 7) is 2.86. The van der Waals surface area contributed by atoms with Gasteiger partial charge in [0.25, 0.3) is 0 Å². The molecular formula is C4H8ClNO2S. The van der Waals surface area contributed by atoms with Crippen molar-refractivity contribution in [3.05, 3.63) is 0 Å². The molecule has 5 heteroatoms. The molecule has 0 amide bonds. The maximum atomic E-state index is 10.5. The van der Waals surface area contributed by atoms with E-state index in [0.717, 1.165) is 0 Å². The summed E-state index contributed by atoms with van der Waals surface area (Å²) in [5.41, 5.74) is 0. The zero-order valence-corrected chi connectivity index (χ0v) is 6.75. The molecule has 0 saturated heterocycles. The summed E-state index contributed by atoms with van der Waals surface area (Å²) in [5, 5.41) is 4.26. The normalized spacial score (nSPS) is 15.1. The number of carbonyl (C=O) groups excluding carboxylic acids is 1. The van der Waals surface area contributed by atoms with Gasteiger partial charge in [-0.15, -0.1) is 0 Å². The molecule has 0 aromatic carbocycles. The Morgan fingerprint density at radius 1 is 1.67 bits per heavy atom. The fourth-order valence-corrected chi connectivity index (χ4v) is 0.465. The van der Waals surface area contributed by atoms with E-state index in [1.54, 1.807) is 0 Å². The van der Waals surface area contributed by atoms with E-state index < -0.39 is 21.0 Å². The topological polar surface area (TPSA) is 60.2 Å². The Kier molecular flexibility index (Phi) is 2.79. The number of hydrogen-bond donors (Lipinski definition) is 1. The van der Waals surface area contributed by atoms with E-state index in [1.807, 2.05) is 0 Å². The first-order valence-corrected chi connectivity index (χ1v) is 3.84. The van der Waals surface area contributed by atoms with E-state index in [9.17, 15) is 9.00 Å². The molecule has 0 rings (SSSR count). The maximum absolute atomic E-state index is 10.5. The van der Waals surface area contributed by atoms with E-state index in [4.69, 9.17) is 16.7 Å². The highest BCUT2D eigenvalue weighted by molar-refractivity contribution is 7.85. The largest absolute Gasteiger partial charge is 0.280 e. The summed E-state index contributed by atoms with van der Waals surface area (Å²) in [6, 6.07) is 0. The van der Waals surface area contributed by atoms with Crippen molar-refractivity contribution in [1.29, 1.82) is 0 Å². The second-order valence-electron chi connectivity index (χ2n) is 2.08. The van der Waals surface area contributed by atoms with E-state index >= 15 is 0 Å². The zero-order chi connectivity index (χ0) is 7.65. The van der Waals surface area contributed by atoms with E-state index in [2.05, 4.69) is 0 Å². The predicted octanol–water partition coefficient (Wildman–Crippen LogP) is 0.153. The molecule has 0 aliphatic rings. The SMILES string of the molecule is CC(C)(C(=O)Cl)S(N)=O. The second kappa shape index (κ2) is 2.77. The van der Waals surface area contributed by atoms with Crippen molar-refractivity contribution < 1.29 is 9.00 Å². The summed E-state index contributed by atoms with van der Waals surface area (Å²) in [6.07, 6.45) is 0. The minimum absolute atomic E-state index is 0.677. The van der Waals surface area contributed by atoms with Gasteiger partial charge in [0, 0.05) is 0 Å². The van der Waals surface area contributed by atoms with E-state index in [-0.39, 0.29) is 0 Å². The number of carbonyl (C=O) groups is 1. The maximum Gasteiger partial charge on any atom is 0.241 e. The van der Waals surface area contributed by atoms with Gasteiger partial charge in [0.15, 0.2) is 0 Å². The minimum Gasteiger partial charge on any atom is -0.280 e. The fourth-order valence-electron chi connectivity index (χ4n) is 0.0791. The Morgan fingerprint density at radius 2 is 2.00 bits per heavy atom. The van der Waals surface area contributed by atoms with Crippen molar-refractivity contribution in [3.8, 4) is 0 Å². The van der Waals surface area contributed by atoms with Crippen LogP contribution in [0.15, 0.2) is 0 Å². The lowest BCUT2D eigenvalue weighted by Gasteiger charge is -2.13. The van der Waals surface area contributed by atoms with Crippen LogP contribution in [0.3, 0.4) is 0 Å². The van der Waals surface area contributed by atoms with Gasteiger partial charge < -0.3 is 0 Å². The summed E-state index contributed by atoms with van der Waals surface area (Å²) in [4.78, 5) is 10.4. The number of rotatable bonds is 2. The van der Waals surface area contributed by atoms with E-state index in [1.165, 1.54) is 13.8 Å². The molecule has 1 unspecified atom stereocenters. The summed E-state index contributed by atoms with van der Waals surface area (Å²) >= 11 is 5.05. The Balaban J connectivity index is 4.38. The third-order valence-corrected chi connectivity index (χ3v) is 2.75. The van der Waals surface area contributed by atoms with Crippen molar-refractivity contribution >= 4 is 27.8 Å². The van der Waals surface area contributed by atoms with Crippen LogP contribution in [0.1, 0.15) is 13.8 Å². The Bertz CT molecular complexity index is 141. The van der Waals surface area contributed by atoms with Gasteiger partial charge in [-0.3, -0.25) is 9.93 Å². The van der Waals surface area contributed by atoms with E-state index in [0.29, 0.717) is 0 Å². The molecule has 54 valence electrons. The smallest absolute Gasteiger partial charge is 0.241 e. The molecule has 2 N–H and O–H groups in total. The quantitative estimate of drug-likeness (QED) is 0.599. The number of halogens is 1. The molecule has 0 radical (unpaired) electrons. The first-order chi connectivity index (χ1) is 3.89. The van der Waals surface area contributed by atoms with Crippen molar-refractivity contribution in [1.82, 2.24) is 0 Å². The lowest BCUT2D eigenvalue weighted by molar-refractivity contribution is -0.113. The molecule has 0 aliphatic carbocycles. The predicted molar refractivity (Wildman–Crippen MR) is 37.3 cm³/mol. The highest BCUT2D eigenvalue weighted by atomic mass is 35.5. The first kappa shape index (κ1) is 9.07. The first-order valence-electron chi connectivity index (χ1n) is 2.25. The molecule has 9 heavy (non-hydrogen) atoms. The van der Waals surface area contributed by atoms with Crippen molar-refractivity contribution in [2.75, 3.05) is 0 Å². The van der Waals surface area contributed by atoms with Crippen molar-refractivity contribution in [2.24, 2.45) is 5.14 Å². The summed E-state index contributed by atoms with van der Waals surface area (Å²) < 4.78 is 9.37. The molecular weight excluding hydrogens is 162 g/mol. The van der Waals surface area contributed by atoms with Crippen molar-refractivity contribution in [2.45, 2.75) is 18.6 Å². The van der Waals surface area contributed by atoms with Crippen LogP contribution in [0.2, 0.25) is 0 Å².